The lowest BCUT2D eigenvalue weighted by Crippen LogP contribution is -2.34. The predicted molar refractivity (Wildman–Crippen MR) is 48.9 cm³/mol. The molecule has 1 atom stereocenters. The number of hydrogen-bond donors (Lipinski definition) is 1. The highest BCUT2D eigenvalue weighted by Crippen LogP contribution is 2.19. The molecule has 0 saturated heterocycles. The van der Waals surface area contributed by atoms with Crippen LogP contribution in [0.1, 0.15) is 26.2 Å². The molecule has 62 valence electrons. The van der Waals surface area contributed by atoms with E-state index in [-0.39, 0.29) is 6.04 Å². The van der Waals surface area contributed by atoms with Gasteiger partial charge in [0.15, 0.2) is 0 Å². The summed E-state index contributed by atoms with van der Waals surface area (Å²) in [7, 11) is 1.82. The minimum Gasteiger partial charge on any atom is -0.323 e. The molecular formula is C9H16N2. The van der Waals surface area contributed by atoms with Gasteiger partial charge in [-0.15, -0.1) is 0 Å². The van der Waals surface area contributed by atoms with Crippen LogP contribution < -0.4 is 5.73 Å². The van der Waals surface area contributed by atoms with Gasteiger partial charge in [0, 0.05) is 13.1 Å². The molecule has 0 heterocycles. The number of nitrogens with two attached hydrogens (primary N) is 1. The number of allylic oxidation sites excluding steroid dienone is 1. The minimum atomic E-state index is 0.181. The number of nitrogens with zero attached hydrogens (tertiary/aromatic N) is 1. The molecule has 0 aromatic rings. The summed E-state index contributed by atoms with van der Waals surface area (Å²) in [6, 6.07) is 0.181. The van der Waals surface area contributed by atoms with Crippen molar-refractivity contribution in [1.29, 1.82) is 0 Å². The largest absolute Gasteiger partial charge is 0.323 e. The summed E-state index contributed by atoms with van der Waals surface area (Å²) in [6.45, 7) is 2.05. The molecule has 1 rings (SSSR count). The van der Waals surface area contributed by atoms with Crippen molar-refractivity contribution < 1.29 is 0 Å². The highest BCUT2D eigenvalue weighted by atomic mass is 14.8. The van der Waals surface area contributed by atoms with Gasteiger partial charge in [-0.2, -0.15) is 0 Å². The highest BCUT2D eigenvalue weighted by molar-refractivity contribution is 6.04. The molecule has 1 fully saturated rings. The van der Waals surface area contributed by atoms with Gasteiger partial charge >= 0.3 is 0 Å². The summed E-state index contributed by atoms with van der Waals surface area (Å²) in [5.41, 5.74) is 8.33. The Morgan fingerprint density at radius 3 is 2.82 bits per heavy atom. The molecule has 2 heteroatoms. The molecule has 11 heavy (non-hydrogen) atoms. The van der Waals surface area contributed by atoms with E-state index in [2.05, 4.69) is 18.0 Å². The zero-order valence-corrected chi connectivity index (χ0v) is 7.30. The Morgan fingerprint density at radius 1 is 1.64 bits per heavy atom. The molecule has 0 amide bonds. The zero-order chi connectivity index (χ0) is 8.27. The van der Waals surface area contributed by atoms with E-state index in [1.807, 2.05) is 7.05 Å². The smallest absolute Gasteiger partial charge is 0.0540 e. The summed E-state index contributed by atoms with van der Waals surface area (Å²) >= 11 is 0. The van der Waals surface area contributed by atoms with E-state index in [0.29, 0.717) is 0 Å². The molecule has 0 aromatic heterocycles. The Hall–Kier alpha value is -0.630. The highest BCUT2D eigenvalue weighted by Gasteiger charge is 2.19. The van der Waals surface area contributed by atoms with E-state index < -0.39 is 0 Å². The Morgan fingerprint density at radius 2 is 2.36 bits per heavy atom. The molecule has 1 saturated carbocycles. The van der Waals surface area contributed by atoms with E-state index in [9.17, 15) is 0 Å². The van der Waals surface area contributed by atoms with Crippen molar-refractivity contribution in [2.24, 2.45) is 10.7 Å². The standard InChI is InChI=1S/C9H16N2/c1-3-7-5-4-6-8(10)9(7)11-2/h3,8H,4-6,10H2,1-2H3/b7-3-,11-9?/t8-/m1/s1. The van der Waals surface area contributed by atoms with Crippen molar-refractivity contribution >= 4 is 5.71 Å². The summed E-state index contributed by atoms with van der Waals surface area (Å²) in [6.07, 6.45) is 5.57. The van der Waals surface area contributed by atoms with E-state index in [4.69, 9.17) is 5.73 Å². The quantitative estimate of drug-likeness (QED) is 0.561. The van der Waals surface area contributed by atoms with E-state index >= 15 is 0 Å². The van der Waals surface area contributed by atoms with Gasteiger partial charge in [-0.1, -0.05) is 6.08 Å². The van der Waals surface area contributed by atoms with Crippen LogP contribution in [0.3, 0.4) is 0 Å². The minimum absolute atomic E-state index is 0.181. The molecule has 2 N–H and O–H groups in total. The second-order valence-corrected chi connectivity index (χ2v) is 2.92. The van der Waals surface area contributed by atoms with Crippen molar-refractivity contribution in [1.82, 2.24) is 0 Å². The van der Waals surface area contributed by atoms with Crippen LogP contribution in [0.15, 0.2) is 16.6 Å². The second kappa shape index (κ2) is 3.67. The predicted octanol–water partition coefficient (Wildman–Crippen LogP) is 1.51. The lowest BCUT2D eigenvalue weighted by molar-refractivity contribution is 0.657. The van der Waals surface area contributed by atoms with Crippen LogP contribution in [0.2, 0.25) is 0 Å². The van der Waals surface area contributed by atoms with Crippen LogP contribution in [0.4, 0.5) is 0 Å². The molecular weight excluding hydrogens is 136 g/mol. The fourth-order valence-electron chi connectivity index (χ4n) is 1.62. The average Bonchev–Trinajstić information content (AvgIpc) is 2.04. The van der Waals surface area contributed by atoms with Crippen molar-refractivity contribution in [3.63, 3.8) is 0 Å². The Bertz CT molecular complexity index is 192. The van der Waals surface area contributed by atoms with Gasteiger partial charge in [0.25, 0.3) is 0 Å². The fourth-order valence-corrected chi connectivity index (χ4v) is 1.62. The molecule has 0 aliphatic heterocycles. The Balaban J connectivity index is 2.81. The number of rotatable bonds is 0. The number of aliphatic imine (C=N–C) groups is 1. The normalized spacial score (nSPS) is 33.2. The summed E-state index contributed by atoms with van der Waals surface area (Å²) in [5, 5.41) is 0. The fraction of sp³-hybridized carbons (Fsp3) is 0.667. The second-order valence-electron chi connectivity index (χ2n) is 2.92. The lowest BCUT2D eigenvalue weighted by Gasteiger charge is -2.22. The molecule has 0 bridgehead atoms. The van der Waals surface area contributed by atoms with E-state index in [1.54, 1.807) is 0 Å². The van der Waals surface area contributed by atoms with E-state index in [1.165, 1.54) is 12.0 Å². The molecule has 1 aliphatic rings. The third kappa shape index (κ3) is 1.69. The molecule has 0 radical (unpaired) electrons. The van der Waals surface area contributed by atoms with Gasteiger partial charge in [0.2, 0.25) is 0 Å². The van der Waals surface area contributed by atoms with Crippen LogP contribution in [0, 0.1) is 0 Å². The summed E-state index contributed by atoms with van der Waals surface area (Å²) in [5.74, 6) is 0. The number of hydrogen-bond acceptors (Lipinski definition) is 2. The van der Waals surface area contributed by atoms with Crippen LogP contribution >= 0.6 is 0 Å². The maximum atomic E-state index is 5.88. The molecule has 2 nitrogen and oxygen atoms in total. The molecule has 1 aliphatic carbocycles. The van der Waals surface area contributed by atoms with Gasteiger partial charge < -0.3 is 5.73 Å². The Kier molecular flexibility index (Phi) is 2.83. The van der Waals surface area contributed by atoms with Gasteiger partial charge in [-0.3, -0.25) is 4.99 Å². The third-order valence-corrected chi connectivity index (χ3v) is 2.23. The Labute approximate surface area is 68.2 Å². The average molecular weight is 152 g/mol. The molecule has 0 aromatic carbocycles. The van der Waals surface area contributed by atoms with Gasteiger partial charge in [0.05, 0.1) is 5.71 Å². The van der Waals surface area contributed by atoms with Crippen molar-refractivity contribution in [2.45, 2.75) is 32.2 Å². The summed E-state index contributed by atoms with van der Waals surface area (Å²) < 4.78 is 0. The first-order chi connectivity index (χ1) is 5.29. The van der Waals surface area contributed by atoms with Crippen LogP contribution in [0.5, 0.6) is 0 Å². The van der Waals surface area contributed by atoms with Gasteiger partial charge in [-0.05, 0) is 31.8 Å². The van der Waals surface area contributed by atoms with Crippen molar-refractivity contribution in [2.75, 3.05) is 7.05 Å². The van der Waals surface area contributed by atoms with Crippen molar-refractivity contribution in [3.05, 3.63) is 11.6 Å². The van der Waals surface area contributed by atoms with Crippen LogP contribution in [-0.4, -0.2) is 18.8 Å². The molecule has 0 spiro atoms. The maximum absolute atomic E-state index is 5.88. The first kappa shape index (κ1) is 8.47. The third-order valence-electron chi connectivity index (χ3n) is 2.23. The van der Waals surface area contributed by atoms with Crippen LogP contribution in [0.25, 0.3) is 0 Å². The first-order valence-corrected chi connectivity index (χ1v) is 4.17. The van der Waals surface area contributed by atoms with Gasteiger partial charge in [-0.25, -0.2) is 0 Å². The van der Waals surface area contributed by atoms with Gasteiger partial charge in [0.1, 0.15) is 0 Å². The zero-order valence-electron chi connectivity index (χ0n) is 7.30. The summed E-state index contributed by atoms with van der Waals surface area (Å²) in [4.78, 5) is 4.20. The monoisotopic (exact) mass is 152 g/mol. The first-order valence-electron chi connectivity index (χ1n) is 4.17. The van der Waals surface area contributed by atoms with Crippen LogP contribution in [-0.2, 0) is 0 Å². The molecule has 0 unspecified atom stereocenters. The van der Waals surface area contributed by atoms with E-state index in [0.717, 1.165) is 18.6 Å². The lowest BCUT2D eigenvalue weighted by atomic mass is 9.89. The van der Waals surface area contributed by atoms with Crippen molar-refractivity contribution in [3.8, 4) is 0 Å². The maximum Gasteiger partial charge on any atom is 0.0540 e. The topological polar surface area (TPSA) is 38.4 Å². The SMILES string of the molecule is C/C=C1/CCC[C@@H](N)C1=NC.